The predicted octanol–water partition coefficient (Wildman–Crippen LogP) is 6.53. The monoisotopic (exact) mass is 456 g/mol. The van der Waals surface area contributed by atoms with E-state index >= 15 is 0 Å². The molecule has 0 radical (unpaired) electrons. The number of thioether (sulfide) groups is 1. The van der Waals surface area contributed by atoms with E-state index in [1.54, 1.807) is 23.1 Å². The van der Waals surface area contributed by atoms with E-state index < -0.39 is 0 Å². The summed E-state index contributed by atoms with van der Waals surface area (Å²) in [7, 11) is 0. The van der Waals surface area contributed by atoms with Crippen molar-refractivity contribution in [3.05, 3.63) is 50.6 Å². The molecule has 1 atom stereocenters. The molecule has 1 aromatic carbocycles. The average Bonchev–Trinajstić information content (AvgIpc) is 3.12. The molecule has 0 aliphatic carbocycles. The van der Waals surface area contributed by atoms with Gasteiger partial charge in [-0.1, -0.05) is 70.0 Å². The number of aryl methyl sites for hydroxylation is 1. The number of fused-ring (bicyclic) bond motifs is 3. The molecule has 3 aromatic rings. The first-order chi connectivity index (χ1) is 15.0. The van der Waals surface area contributed by atoms with Gasteiger partial charge in [0.1, 0.15) is 4.83 Å². The first-order valence-electron chi connectivity index (χ1n) is 11.4. The molecule has 0 saturated heterocycles. The SMILES string of the molecule is CCCCCCSc1nc2sc3c(c2c(=O)n1-c1ccccc1C)CC(C(C)C)OC3. The fourth-order valence-electron chi connectivity index (χ4n) is 4.15. The molecule has 0 amide bonds. The second-order valence-corrected chi connectivity index (χ2v) is 10.9. The second kappa shape index (κ2) is 9.88. The molecule has 4 rings (SSSR count). The van der Waals surface area contributed by atoms with Crippen LogP contribution < -0.4 is 5.56 Å². The van der Waals surface area contributed by atoms with E-state index in [9.17, 15) is 4.79 Å². The van der Waals surface area contributed by atoms with Gasteiger partial charge in [0.15, 0.2) is 5.16 Å². The van der Waals surface area contributed by atoms with E-state index in [0.717, 1.165) is 55.7 Å². The fraction of sp³-hybridized carbons (Fsp3) is 0.520. The molecule has 166 valence electrons. The zero-order valence-electron chi connectivity index (χ0n) is 18.9. The van der Waals surface area contributed by atoms with E-state index in [1.165, 1.54) is 19.3 Å². The Kier molecular flexibility index (Phi) is 7.19. The maximum absolute atomic E-state index is 13.9. The third kappa shape index (κ3) is 4.62. The van der Waals surface area contributed by atoms with Gasteiger partial charge in [-0.05, 0) is 36.5 Å². The average molecular weight is 457 g/mol. The zero-order valence-corrected chi connectivity index (χ0v) is 20.6. The number of rotatable bonds is 8. The molecule has 6 heteroatoms. The minimum Gasteiger partial charge on any atom is -0.372 e. The van der Waals surface area contributed by atoms with Gasteiger partial charge >= 0.3 is 0 Å². The number of thiophene rings is 1. The van der Waals surface area contributed by atoms with Gasteiger partial charge in [-0.15, -0.1) is 11.3 Å². The highest BCUT2D eigenvalue weighted by molar-refractivity contribution is 7.99. The maximum atomic E-state index is 13.9. The summed E-state index contributed by atoms with van der Waals surface area (Å²) in [6, 6.07) is 8.11. The van der Waals surface area contributed by atoms with Gasteiger partial charge in [0.25, 0.3) is 5.56 Å². The Morgan fingerprint density at radius 3 is 2.81 bits per heavy atom. The fourth-order valence-corrected chi connectivity index (χ4v) is 6.32. The number of aromatic nitrogens is 2. The Hall–Kier alpha value is -1.63. The van der Waals surface area contributed by atoms with Crippen LogP contribution in [0.2, 0.25) is 0 Å². The van der Waals surface area contributed by atoms with Gasteiger partial charge in [0.2, 0.25) is 0 Å². The number of hydrogen-bond donors (Lipinski definition) is 0. The van der Waals surface area contributed by atoms with E-state index in [4.69, 9.17) is 9.72 Å². The van der Waals surface area contributed by atoms with Crippen LogP contribution in [0.15, 0.2) is 34.2 Å². The molecule has 0 saturated carbocycles. The Morgan fingerprint density at radius 2 is 2.06 bits per heavy atom. The molecule has 4 nitrogen and oxygen atoms in total. The number of para-hydroxylation sites is 1. The van der Waals surface area contributed by atoms with Crippen molar-refractivity contribution in [3.8, 4) is 5.69 Å². The van der Waals surface area contributed by atoms with Crippen molar-refractivity contribution in [2.24, 2.45) is 5.92 Å². The molecule has 3 heterocycles. The van der Waals surface area contributed by atoms with Gasteiger partial charge in [-0.3, -0.25) is 9.36 Å². The third-order valence-electron chi connectivity index (χ3n) is 6.04. The van der Waals surface area contributed by atoms with Crippen molar-refractivity contribution in [2.45, 2.75) is 77.7 Å². The molecular formula is C25H32N2O2S2. The summed E-state index contributed by atoms with van der Waals surface area (Å²) in [5.41, 5.74) is 3.25. The lowest BCUT2D eigenvalue weighted by atomic mass is 9.96. The summed E-state index contributed by atoms with van der Waals surface area (Å²) in [6.45, 7) is 9.24. The molecule has 0 spiro atoms. The van der Waals surface area contributed by atoms with Crippen molar-refractivity contribution in [2.75, 3.05) is 5.75 Å². The third-order valence-corrected chi connectivity index (χ3v) is 8.16. The summed E-state index contributed by atoms with van der Waals surface area (Å²) in [5.74, 6) is 1.40. The molecule has 0 bridgehead atoms. The maximum Gasteiger partial charge on any atom is 0.267 e. The molecule has 1 aliphatic heterocycles. The summed E-state index contributed by atoms with van der Waals surface area (Å²) in [5, 5.41) is 1.61. The van der Waals surface area contributed by atoms with Crippen molar-refractivity contribution in [3.63, 3.8) is 0 Å². The Morgan fingerprint density at radius 1 is 1.26 bits per heavy atom. The van der Waals surface area contributed by atoms with Gasteiger partial charge in [0, 0.05) is 17.1 Å². The van der Waals surface area contributed by atoms with Crippen LogP contribution >= 0.6 is 23.1 Å². The van der Waals surface area contributed by atoms with E-state index in [0.29, 0.717) is 12.5 Å². The topological polar surface area (TPSA) is 44.1 Å². The number of hydrogen-bond acceptors (Lipinski definition) is 5. The lowest BCUT2D eigenvalue weighted by Gasteiger charge is -2.26. The number of nitrogens with zero attached hydrogens (tertiary/aromatic N) is 2. The van der Waals surface area contributed by atoms with E-state index in [2.05, 4.69) is 33.8 Å². The van der Waals surface area contributed by atoms with Gasteiger partial charge in [0.05, 0.1) is 23.8 Å². The van der Waals surface area contributed by atoms with Gasteiger partial charge in [-0.2, -0.15) is 0 Å². The second-order valence-electron chi connectivity index (χ2n) is 8.71. The zero-order chi connectivity index (χ0) is 22.0. The van der Waals surface area contributed by atoms with Crippen LogP contribution in [0.4, 0.5) is 0 Å². The summed E-state index contributed by atoms with van der Waals surface area (Å²) < 4.78 is 7.93. The van der Waals surface area contributed by atoms with E-state index in [1.807, 2.05) is 22.8 Å². The highest BCUT2D eigenvalue weighted by atomic mass is 32.2. The molecule has 0 fully saturated rings. The first kappa shape index (κ1) is 22.6. The summed E-state index contributed by atoms with van der Waals surface area (Å²) in [4.78, 5) is 21.0. The van der Waals surface area contributed by atoms with Crippen molar-refractivity contribution >= 4 is 33.3 Å². The van der Waals surface area contributed by atoms with Crippen LogP contribution in [0.25, 0.3) is 15.9 Å². The Balaban J connectivity index is 1.82. The number of benzene rings is 1. The Labute approximate surface area is 193 Å². The normalized spacial score (nSPS) is 16.2. The molecular weight excluding hydrogens is 424 g/mol. The number of unbranched alkanes of at least 4 members (excludes halogenated alkanes) is 3. The quantitative estimate of drug-likeness (QED) is 0.220. The van der Waals surface area contributed by atoms with Crippen LogP contribution in [0.3, 0.4) is 0 Å². The largest absolute Gasteiger partial charge is 0.372 e. The molecule has 31 heavy (non-hydrogen) atoms. The van der Waals surface area contributed by atoms with Crippen LogP contribution in [0, 0.1) is 12.8 Å². The van der Waals surface area contributed by atoms with Crippen molar-refractivity contribution < 1.29 is 4.74 Å². The smallest absolute Gasteiger partial charge is 0.267 e. The van der Waals surface area contributed by atoms with Crippen LogP contribution in [-0.2, 0) is 17.8 Å². The standard InChI is InChI=1S/C25H32N2O2S2/c1-5-6-7-10-13-30-25-26-23-22(18-14-20(16(2)3)29-15-21(18)31-23)24(28)27(25)19-12-9-8-11-17(19)4/h8-9,11-12,16,20H,5-7,10,13-15H2,1-4H3. The number of ether oxygens (including phenoxy) is 1. The van der Waals surface area contributed by atoms with Crippen LogP contribution in [0.5, 0.6) is 0 Å². The van der Waals surface area contributed by atoms with Crippen LogP contribution in [0.1, 0.15) is 62.5 Å². The van der Waals surface area contributed by atoms with E-state index in [-0.39, 0.29) is 11.7 Å². The highest BCUT2D eigenvalue weighted by Gasteiger charge is 2.28. The van der Waals surface area contributed by atoms with Gasteiger partial charge < -0.3 is 4.74 Å². The molecule has 0 N–H and O–H groups in total. The van der Waals surface area contributed by atoms with Crippen molar-refractivity contribution in [1.82, 2.24) is 9.55 Å². The summed E-state index contributed by atoms with van der Waals surface area (Å²) >= 11 is 3.34. The van der Waals surface area contributed by atoms with Crippen molar-refractivity contribution in [1.29, 1.82) is 0 Å². The summed E-state index contributed by atoms with van der Waals surface area (Å²) in [6.07, 6.45) is 5.80. The molecule has 2 aromatic heterocycles. The lowest BCUT2D eigenvalue weighted by molar-refractivity contribution is 0.00200. The lowest BCUT2D eigenvalue weighted by Crippen LogP contribution is -2.28. The highest BCUT2D eigenvalue weighted by Crippen LogP contribution is 2.36. The van der Waals surface area contributed by atoms with Gasteiger partial charge in [-0.25, -0.2) is 4.98 Å². The molecule has 1 aliphatic rings. The molecule has 1 unspecified atom stereocenters. The predicted molar refractivity (Wildman–Crippen MR) is 132 cm³/mol. The Bertz CT molecular complexity index is 1120. The first-order valence-corrected chi connectivity index (χ1v) is 13.2. The minimum atomic E-state index is 0.0669. The minimum absolute atomic E-state index is 0.0669. The van der Waals surface area contributed by atoms with Crippen LogP contribution in [-0.4, -0.2) is 21.4 Å².